The predicted octanol–water partition coefficient (Wildman–Crippen LogP) is 2.18. The molecular formula is C16H22N2O3. The maximum absolute atomic E-state index is 12.2. The van der Waals surface area contributed by atoms with Gasteiger partial charge in [-0.2, -0.15) is 0 Å². The van der Waals surface area contributed by atoms with E-state index in [1.165, 1.54) is 5.56 Å². The van der Waals surface area contributed by atoms with E-state index in [2.05, 4.69) is 17.2 Å². The van der Waals surface area contributed by atoms with Crippen LogP contribution >= 0.6 is 0 Å². The molecule has 1 heterocycles. The fourth-order valence-corrected chi connectivity index (χ4v) is 2.31. The van der Waals surface area contributed by atoms with E-state index < -0.39 is 0 Å². The molecule has 1 atom stereocenters. The molecular weight excluding hydrogens is 268 g/mol. The van der Waals surface area contributed by atoms with Gasteiger partial charge in [0.1, 0.15) is 0 Å². The molecule has 0 radical (unpaired) electrons. The number of aryl methyl sites for hydroxylation is 2. The number of carbonyl (C=O) groups is 1. The Morgan fingerprint density at radius 1 is 1.33 bits per heavy atom. The Bertz CT molecular complexity index is 634. The molecule has 0 fully saturated rings. The van der Waals surface area contributed by atoms with Crippen LogP contribution in [0.4, 0.5) is 0 Å². The summed E-state index contributed by atoms with van der Waals surface area (Å²) >= 11 is 0. The van der Waals surface area contributed by atoms with Gasteiger partial charge in [0.15, 0.2) is 0 Å². The Morgan fingerprint density at radius 2 is 2.10 bits per heavy atom. The van der Waals surface area contributed by atoms with Crippen LogP contribution in [0.15, 0.2) is 18.2 Å². The largest absolute Gasteiger partial charge is 0.382 e. The second-order valence-electron chi connectivity index (χ2n) is 5.16. The zero-order valence-corrected chi connectivity index (χ0v) is 12.9. The van der Waals surface area contributed by atoms with Crippen molar-refractivity contribution in [2.75, 3.05) is 27.4 Å². The van der Waals surface area contributed by atoms with Crippen molar-refractivity contribution >= 4 is 16.8 Å². The van der Waals surface area contributed by atoms with E-state index in [0.29, 0.717) is 18.7 Å². The number of H-pyrrole nitrogens is 1. The van der Waals surface area contributed by atoms with Crippen LogP contribution in [0, 0.1) is 13.8 Å². The van der Waals surface area contributed by atoms with Crippen LogP contribution in [0.5, 0.6) is 0 Å². The van der Waals surface area contributed by atoms with Crippen molar-refractivity contribution in [3.8, 4) is 0 Å². The van der Waals surface area contributed by atoms with Crippen LogP contribution in [0.1, 0.15) is 21.6 Å². The van der Waals surface area contributed by atoms with E-state index in [9.17, 15) is 4.79 Å². The standard InChI is InChI=1S/C16H22N2O3/c1-10-11(2)18-15-6-5-12(7-14(10)15)16(19)17-8-13(21-4)9-20-3/h5-7,13,18H,8-9H2,1-4H3,(H,17,19). The molecule has 2 N–H and O–H groups in total. The van der Waals surface area contributed by atoms with Crippen LogP contribution < -0.4 is 5.32 Å². The summed E-state index contributed by atoms with van der Waals surface area (Å²) in [4.78, 5) is 15.5. The second kappa shape index (κ2) is 6.74. The fraction of sp³-hybridized carbons (Fsp3) is 0.438. The molecule has 2 aromatic rings. The highest BCUT2D eigenvalue weighted by Crippen LogP contribution is 2.22. The van der Waals surface area contributed by atoms with Crippen molar-refractivity contribution in [1.82, 2.24) is 10.3 Å². The molecule has 0 spiro atoms. The van der Waals surface area contributed by atoms with Crippen LogP contribution in [-0.2, 0) is 9.47 Å². The molecule has 5 heteroatoms. The number of fused-ring (bicyclic) bond motifs is 1. The van der Waals surface area contributed by atoms with Crippen LogP contribution in [0.25, 0.3) is 10.9 Å². The molecule has 2 rings (SSSR count). The van der Waals surface area contributed by atoms with Gasteiger partial charge in [-0.1, -0.05) is 0 Å². The van der Waals surface area contributed by atoms with Gasteiger partial charge in [0.2, 0.25) is 0 Å². The maximum atomic E-state index is 12.2. The summed E-state index contributed by atoms with van der Waals surface area (Å²) in [5, 5.41) is 3.96. The molecule has 0 saturated carbocycles. The highest BCUT2D eigenvalue weighted by atomic mass is 16.5. The number of benzene rings is 1. The van der Waals surface area contributed by atoms with Crippen molar-refractivity contribution < 1.29 is 14.3 Å². The lowest BCUT2D eigenvalue weighted by Gasteiger charge is -2.15. The quantitative estimate of drug-likeness (QED) is 0.857. The Labute approximate surface area is 124 Å². The van der Waals surface area contributed by atoms with Crippen molar-refractivity contribution in [3.63, 3.8) is 0 Å². The molecule has 0 aliphatic rings. The summed E-state index contributed by atoms with van der Waals surface area (Å²) in [6.45, 7) is 4.96. The number of rotatable bonds is 6. The average molecular weight is 290 g/mol. The SMILES string of the molecule is COCC(CNC(=O)c1ccc2[nH]c(C)c(C)c2c1)OC. The molecule has 1 aromatic carbocycles. The van der Waals surface area contributed by atoms with E-state index in [4.69, 9.17) is 9.47 Å². The van der Waals surface area contributed by atoms with Crippen molar-refractivity contribution in [2.45, 2.75) is 20.0 Å². The molecule has 1 unspecified atom stereocenters. The van der Waals surface area contributed by atoms with Gasteiger partial charge in [0.05, 0.1) is 12.7 Å². The fourth-order valence-electron chi connectivity index (χ4n) is 2.31. The van der Waals surface area contributed by atoms with Gasteiger partial charge in [-0.15, -0.1) is 0 Å². The van der Waals surface area contributed by atoms with Crippen molar-refractivity contribution in [3.05, 3.63) is 35.0 Å². The smallest absolute Gasteiger partial charge is 0.251 e. The molecule has 1 aromatic heterocycles. The van der Waals surface area contributed by atoms with E-state index in [-0.39, 0.29) is 12.0 Å². The highest BCUT2D eigenvalue weighted by molar-refractivity contribution is 5.99. The monoisotopic (exact) mass is 290 g/mol. The first-order valence-electron chi connectivity index (χ1n) is 6.95. The lowest BCUT2D eigenvalue weighted by atomic mass is 10.1. The minimum atomic E-state index is -0.140. The predicted molar refractivity (Wildman–Crippen MR) is 82.8 cm³/mol. The first-order chi connectivity index (χ1) is 10.1. The molecule has 5 nitrogen and oxygen atoms in total. The molecule has 21 heavy (non-hydrogen) atoms. The summed E-state index contributed by atoms with van der Waals surface area (Å²) in [6, 6.07) is 5.68. The van der Waals surface area contributed by atoms with Crippen molar-refractivity contribution in [1.29, 1.82) is 0 Å². The van der Waals surface area contributed by atoms with E-state index >= 15 is 0 Å². The molecule has 0 aliphatic carbocycles. The topological polar surface area (TPSA) is 63.3 Å². The number of hydrogen-bond acceptors (Lipinski definition) is 3. The minimum absolute atomic E-state index is 0.103. The number of aromatic nitrogens is 1. The summed E-state index contributed by atoms with van der Waals surface area (Å²) in [5.74, 6) is -0.103. The lowest BCUT2D eigenvalue weighted by molar-refractivity contribution is 0.0285. The van der Waals surface area contributed by atoms with Gasteiger partial charge in [-0.25, -0.2) is 0 Å². The number of nitrogens with one attached hydrogen (secondary N) is 2. The van der Waals surface area contributed by atoms with Gasteiger partial charge in [-0.3, -0.25) is 4.79 Å². The number of methoxy groups -OCH3 is 2. The summed E-state index contributed by atoms with van der Waals surface area (Å²) < 4.78 is 10.3. The first kappa shape index (κ1) is 15.5. The Kier molecular flexibility index (Phi) is 4.98. The molecule has 0 saturated heterocycles. The second-order valence-corrected chi connectivity index (χ2v) is 5.16. The first-order valence-corrected chi connectivity index (χ1v) is 6.95. The van der Waals surface area contributed by atoms with Gasteiger partial charge in [0, 0.05) is 42.9 Å². The van der Waals surface area contributed by atoms with Gasteiger partial charge >= 0.3 is 0 Å². The van der Waals surface area contributed by atoms with Crippen LogP contribution in [0.3, 0.4) is 0 Å². The molecule has 114 valence electrons. The number of hydrogen-bond donors (Lipinski definition) is 2. The number of aromatic amines is 1. The zero-order chi connectivity index (χ0) is 15.4. The normalized spacial score (nSPS) is 12.6. The number of amides is 1. The van der Waals surface area contributed by atoms with E-state index in [0.717, 1.165) is 16.6 Å². The molecule has 0 bridgehead atoms. The molecule has 1 amide bonds. The van der Waals surface area contributed by atoms with Crippen molar-refractivity contribution in [2.24, 2.45) is 0 Å². The van der Waals surface area contributed by atoms with Gasteiger partial charge in [0.25, 0.3) is 5.91 Å². The third kappa shape index (κ3) is 3.43. The Balaban J connectivity index is 2.10. The summed E-state index contributed by atoms with van der Waals surface area (Å²) in [7, 11) is 3.21. The van der Waals surface area contributed by atoms with Crippen LogP contribution in [-0.4, -0.2) is 44.4 Å². The lowest BCUT2D eigenvalue weighted by Crippen LogP contribution is -2.35. The Hall–Kier alpha value is -1.85. The number of carbonyl (C=O) groups excluding carboxylic acids is 1. The van der Waals surface area contributed by atoms with Gasteiger partial charge < -0.3 is 19.8 Å². The van der Waals surface area contributed by atoms with E-state index in [1.807, 2.05) is 25.1 Å². The van der Waals surface area contributed by atoms with Crippen LogP contribution in [0.2, 0.25) is 0 Å². The third-order valence-electron chi connectivity index (χ3n) is 3.75. The van der Waals surface area contributed by atoms with Gasteiger partial charge in [-0.05, 0) is 37.6 Å². The number of ether oxygens (including phenoxy) is 2. The summed E-state index contributed by atoms with van der Waals surface area (Å²) in [5.41, 5.74) is 4.00. The van der Waals surface area contributed by atoms with E-state index in [1.54, 1.807) is 14.2 Å². The molecule has 0 aliphatic heterocycles. The zero-order valence-electron chi connectivity index (χ0n) is 12.9. The minimum Gasteiger partial charge on any atom is -0.382 e. The third-order valence-corrected chi connectivity index (χ3v) is 3.75. The highest BCUT2D eigenvalue weighted by Gasteiger charge is 2.12. The average Bonchev–Trinajstić information content (AvgIpc) is 2.77. The summed E-state index contributed by atoms with van der Waals surface area (Å²) in [6.07, 6.45) is -0.140. The Morgan fingerprint density at radius 3 is 2.76 bits per heavy atom. The maximum Gasteiger partial charge on any atom is 0.251 e.